The van der Waals surface area contributed by atoms with E-state index in [1.165, 1.54) is 6.92 Å². The second-order valence-corrected chi connectivity index (χ2v) is 2.86. The number of halogens is 1. The van der Waals surface area contributed by atoms with E-state index >= 15 is 0 Å². The molecule has 0 saturated carbocycles. The maximum atomic E-state index is 12.6. The van der Waals surface area contributed by atoms with Gasteiger partial charge >= 0.3 is 0 Å². The second-order valence-electron chi connectivity index (χ2n) is 2.86. The van der Waals surface area contributed by atoms with Crippen molar-refractivity contribution in [2.24, 2.45) is 0 Å². The number of ether oxygens (including phenoxy) is 1. The van der Waals surface area contributed by atoms with E-state index in [9.17, 15) is 9.50 Å². The summed E-state index contributed by atoms with van der Waals surface area (Å²) in [4.78, 5) is 0. The average molecular weight is 164 g/mol. The minimum absolute atomic E-state index is 0.317. The van der Waals surface area contributed by atoms with Crippen LogP contribution in [0.25, 0.3) is 0 Å². The lowest BCUT2D eigenvalue weighted by Crippen LogP contribution is -2.48. The van der Waals surface area contributed by atoms with Crippen LogP contribution in [0.1, 0.15) is 13.3 Å². The van der Waals surface area contributed by atoms with Crippen molar-refractivity contribution in [2.75, 3.05) is 6.61 Å². The van der Waals surface area contributed by atoms with Crippen LogP contribution in [-0.2, 0) is 4.74 Å². The third-order valence-electron chi connectivity index (χ3n) is 1.91. The summed E-state index contributed by atoms with van der Waals surface area (Å²) >= 11 is 0. The van der Waals surface area contributed by atoms with E-state index in [0.717, 1.165) is 0 Å². The van der Waals surface area contributed by atoms with E-state index in [1.807, 2.05) is 0 Å². The molecule has 0 amide bonds. The Morgan fingerprint density at radius 2 is 2.18 bits per heavy atom. The zero-order valence-electron chi connectivity index (χ0n) is 6.40. The highest BCUT2D eigenvalue weighted by atomic mass is 19.1. The van der Waals surface area contributed by atoms with Gasteiger partial charge in [0, 0.05) is 6.61 Å². The Balaban J connectivity index is 2.51. The molecule has 11 heavy (non-hydrogen) atoms. The quantitative estimate of drug-likeness (QED) is 0.567. The van der Waals surface area contributed by atoms with Gasteiger partial charge < -0.3 is 14.9 Å². The molecule has 4 atom stereocenters. The van der Waals surface area contributed by atoms with Crippen molar-refractivity contribution in [3.05, 3.63) is 0 Å². The number of hydrogen-bond acceptors (Lipinski definition) is 3. The average Bonchev–Trinajstić information content (AvgIpc) is 1.94. The fraction of sp³-hybridized carbons (Fsp3) is 1.00. The Labute approximate surface area is 64.8 Å². The maximum absolute atomic E-state index is 12.6. The van der Waals surface area contributed by atoms with Gasteiger partial charge in [0.1, 0.15) is 18.4 Å². The van der Waals surface area contributed by atoms with E-state index in [2.05, 4.69) is 0 Å². The van der Waals surface area contributed by atoms with Gasteiger partial charge in [0.25, 0.3) is 0 Å². The summed E-state index contributed by atoms with van der Waals surface area (Å²) in [7, 11) is 0. The van der Waals surface area contributed by atoms with Crippen LogP contribution in [0, 0.1) is 0 Å². The molecule has 0 bridgehead atoms. The molecule has 1 rings (SSSR count). The predicted octanol–water partition coefficient (Wildman–Crippen LogP) is -0.145. The molecule has 1 heterocycles. The lowest BCUT2D eigenvalue weighted by Gasteiger charge is -2.32. The summed E-state index contributed by atoms with van der Waals surface area (Å²) in [5, 5.41) is 18.3. The molecule has 66 valence electrons. The standard InChI is InChI=1S/C7H13FO3/c1-4(8)7-6(10)5(9)2-3-11-7/h4-7,9-10H,2-3H2,1H3/t4?,5-,6+,7-/m1/s1. The van der Waals surface area contributed by atoms with Gasteiger partial charge in [0.05, 0.1) is 6.10 Å². The van der Waals surface area contributed by atoms with Crippen molar-refractivity contribution in [3.63, 3.8) is 0 Å². The van der Waals surface area contributed by atoms with Crippen LogP contribution in [0.15, 0.2) is 0 Å². The molecule has 2 N–H and O–H groups in total. The first-order valence-electron chi connectivity index (χ1n) is 3.74. The van der Waals surface area contributed by atoms with Gasteiger partial charge in [-0.1, -0.05) is 0 Å². The van der Waals surface area contributed by atoms with Gasteiger partial charge in [-0.25, -0.2) is 4.39 Å². The molecule has 0 aromatic rings. The molecular weight excluding hydrogens is 151 g/mol. The normalized spacial score (nSPS) is 42.0. The topological polar surface area (TPSA) is 49.7 Å². The fourth-order valence-corrected chi connectivity index (χ4v) is 1.22. The van der Waals surface area contributed by atoms with Crippen molar-refractivity contribution in [1.82, 2.24) is 0 Å². The summed E-state index contributed by atoms with van der Waals surface area (Å²) in [6.07, 6.45) is -3.64. The van der Waals surface area contributed by atoms with Crippen LogP contribution in [0.3, 0.4) is 0 Å². The monoisotopic (exact) mass is 164 g/mol. The highest BCUT2D eigenvalue weighted by Gasteiger charge is 2.35. The van der Waals surface area contributed by atoms with E-state index in [-0.39, 0.29) is 0 Å². The van der Waals surface area contributed by atoms with Crippen molar-refractivity contribution >= 4 is 0 Å². The van der Waals surface area contributed by atoms with Crippen LogP contribution in [0.4, 0.5) is 4.39 Å². The molecule has 1 fully saturated rings. The zero-order valence-corrected chi connectivity index (χ0v) is 6.40. The molecule has 0 aromatic carbocycles. The van der Waals surface area contributed by atoms with Crippen molar-refractivity contribution < 1.29 is 19.3 Å². The van der Waals surface area contributed by atoms with Crippen LogP contribution < -0.4 is 0 Å². The largest absolute Gasteiger partial charge is 0.390 e. The summed E-state index contributed by atoms with van der Waals surface area (Å²) in [5.41, 5.74) is 0. The molecule has 1 unspecified atom stereocenters. The molecule has 1 aliphatic rings. The number of aliphatic hydroxyl groups is 2. The predicted molar refractivity (Wildman–Crippen MR) is 36.9 cm³/mol. The summed E-state index contributed by atoms with van der Waals surface area (Å²) in [6, 6.07) is 0. The van der Waals surface area contributed by atoms with Crippen LogP contribution >= 0.6 is 0 Å². The number of alkyl halides is 1. The molecule has 0 aromatic heterocycles. The summed E-state index contributed by atoms with van der Waals surface area (Å²) < 4.78 is 17.6. The van der Waals surface area contributed by atoms with Gasteiger partial charge in [-0.2, -0.15) is 0 Å². The number of aliphatic hydroxyl groups excluding tert-OH is 2. The first-order valence-corrected chi connectivity index (χ1v) is 3.74. The van der Waals surface area contributed by atoms with Gasteiger partial charge in [-0.05, 0) is 13.3 Å². The Hall–Kier alpha value is -0.190. The summed E-state index contributed by atoms with van der Waals surface area (Å²) in [5.74, 6) is 0. The van der Waals surface area contributed by atoms with Gasteiger partial charge in [-0.15, -0.1) is 0 Å². The van der Waals surface area contributed by atoms with Crippen LogP contribution in [0.5, 0.6) is 0 Å². The second kappa shape index (κ2) is 3.47. The first-order chi connectivity index (χ1) is 5.13. The maximum Gasteiger partial charge on any atom is 0.126 e. The molecule has 1 aliphatic heterocycles. The Kier molecular flexibility index (Phi) is 2.81. The van der Waals surface area contributed by atoms with E-state index < -0.39 is 24.5 Å². The third-order valence-corrected chi connectivity index (χ3v) is 1.91. The van der Waals surface area contributed by atoms with Gasteiger partial charge in [-0.3, -0.25) is 0 Å². The molecule has 0 spiro atoms. The lowest BCUT2D eigenvalue weighted by molar-refractivity contribution is -0.154. The highest BCUT2D eigenvalue weighted by Crippen LogP contribution is 2.18. The minimum Gasteiger partial charge on any atom is -0.390 e. The molecule has 0 aliphatic carbocycles. The SMILES string of the molecule is CC(F)[C@H]1OCC[C@@H](O)[C@@H]1O. The van der Waals surface area contributed by atoms with Crippen LogP contribution in [0.2, 0.25) is 0 Å². The zero-order chi connectivity index (χ0) is 8.43. The number of hydrogen-bond donors (Lipinski definition) is 2. The van der Waals surface area contributed by atoms with Gasteiger partial charge in [0.2, 0.25) is 0 Å². The number of rotatable bonds is 1. The molecule has 1 saturated heterocycles. The fourth-order valence-electron chi connectivity index (χ4n) is 1.22. The van der Waals surface area contributed by atoms with Crippen LogP contribution in [-0.4, -0.2) is 41.3 Å². The Morgan fingerprint density at radius 1 is 1.55 bits per heavy atom. The van der Waals surface area contributed by atoms with E-state index in [1.54, 1.807) is 0 Å². The summed E-state index contributed by atoms with van der Waals surface area (Å²) in [6.45, 7) is 1.63. The molecule has 4 heteroatoms. The molecule has 3 nitrogen and oxygen atoms in total. The van der Waals surface area contributed by atoms with Crippen molar-refractivity contribution in [2.45, 2.75) is 37.8 Å². The highest BCUT2D eigenvalue weighted by molar-refractivity contribution is 4.83. The minimum atomic E-state index is -1.24. The molecular formula is C7H13FO3. The van der Waals surface area contributed by atoms with Crippen molar-refractivity contribution in [1.29, 1.82) is 0 Å². The third kappa shape index (κ3) is 1.89. The van der Waals surface area contributed by atoms with Gasteiger partial charge in [0.15, 0.2) is 0 Å². The van der Waals surface area contributed by atoms with E-state index in [0.29, 0.717) is 13.0 Å². The smallest absolute Gasteiger partial charge is 0.126 e. The van der Waals surface area contributed by atoms with E-state index in [4.69, 9.17) is 9.84 Å². The Bertz CT molecular complexity index is 129. The Morgan fingerprint density at radius 3 is 2.64 bits per heavy atom. The van der Waals surface area contributed by atoms with Crippen molar-refractivity contribution in [3.8, 4) is 0 Å². The lowest BCUT2D eigenvalue weighted by atomic mass is 10.00. The first kappa shape index (κ1) is 8.90. The molecule has 0 radical (unpaired) electrons.